The minimum absolute atomic E-state index is 0.161. The number of benzene rings is 1. The van der Waals surface area contributed by atoms with Gasteiger partial charge in [0.25, 0.3) is 5.69 Å². The number of hydrogen-bond acceptors (Lipinski definition) is 11. The summed E-state index contributed by atoms with van der Waals surface area (Å²) >= 11 is 3.92. The lowest BCUT2D eigenvalue weighted by atomic mass is 10.1. The number of nitrogens with zero attached hydrogens (tertiary/aromatic N) is 2. The molecule has 1 aromatic rings. The van der Waals surface area contributed by atoms with Crippen LogP contribution in [0, 0.1) is 20.2 Å². The van der Waals surface area contributed by atoms with E-state index in [1.807, 2.05) is 0 Å². The second-order valence-electron chi connectivity index (χ2n) is 6.14. The highest BCUT2D eigenvalue weighted by Gasteiger charge is 2.24. The first-order chi connectivity index (χ1) is 15.0. The molecule has 16 heteroatoms. The normalized spacial score (nSPS) is 12.2. The summed E-state index contributed by atoms with van der Waals surface area (Å²) in [6.07, 6.45) is -0.431. The summed E-state index contributed by atoms with van der Waals surface area (Å²) < 4.78 is 4.78. The molecule has 0 aliphatic rings. The number of nitrogens with two attached hydrogens (primary N) is 1. The van der Waals surface area contributed by atoms with Crippen molar-refractivity contribution in [3.63, 3.8) is 0 Å². The third kappa shape index (κ3) is 8.15. The second kappa shape index (κ2) is 12.2. The molecule has 0 saturated carbocycles. The molecule has 2 atom stereocenters. The number of carbonyl (C=O) groups is 4. The van der Waals surface area contributed by atoms with Gasteiger partial charge in [0.15, 0.2) is 0 Å². The van der Waals surface area contributed by atoms with Gasteiger partial charge in [0.2, 0.25) is 17.6 Å². The number of thiol groups is 1. The highest BCUT2D eigenvalue weighted by molar-refractivity contribution is 7.80. The van der Waals surface area contributed by atoms with Gasteiger partial charge < -0.3 is 26.2 Å². The molecule has 5 N–H and O–H groups in total. The number of carboxylic acids is 1. The number of rotatable bonds is 12. The maximum absolute atomic E-state index is 12.1. The van der Waals surface area contributed by atoms with Crippen molar-refractivity contribution in [1.29, 1.82) is 0 Å². The number of carboxylic acid groups (broad SMARTS) is 1. The van der Waals surface area contributed by atoms with Crippen LogP contribution in [0.1, 0.15) is 12.8 Å². The van der Waals surface area contributed by atoms with Crippen LogP contribution in [0.15, 0.2) is 18.2 Å². The molecule has 0 aromatic heterocycles. The molecule has 0 bridgehead atoms. The summed E-state index contributed by atoms with van der Waals surface area (Å²) in [5.41, 5.74) is 3.88. The first-order valence-corrected chi connectivity index (χ1v) is 9.39. The summed E-state index contributed by atoms with van der Waals surface area (Å²) in [6.45, 7) is -0.739. The van der Waals surface area contributed by atoms with Crippen molar-refractivity contribution in [2.75, 3.05) is 12.3 Å². The number of ether oxygens (including phenoxy) is 1. The summed E-state index contributed by atoms with van der Waals surface area (Å²) in [5, 5.41) is 34.9. The lowest BCUT2D eigenvalue weighted by molar-refractivity contribution is -0.394. The van der Waals surface area contributed by atoms with Crippen molar-refractivity contribution in [2.45, 2.75) is 24.9 Å². The zero-order chi connectivity index (χ0) is 24.4. The van der Waals surface area contributed by atoms with E-state index in [0.29, 0.717) is 6.07 Å². The molecule has 0 radical (unpaired) electrons. The van der Waals surface area contributed by atoms with Crippen LogP contribution in [0.25, 0.3) is 0 Å². The Morgan fingerprint density at radius 3 is 2.38 bits per heavy atom. The summed E-state index contributed by atoms with van der Waals surface area (Å²) in [4.78, 5) is 66.4. The van der Waals surface area contributed by atoms with E-state index >= 15 is 0 Å². The first kappa shape index (κ1) is 26.2. The maximum Gasteiger partial charge on any atom is 0.331 e. The smallest absolute Gasteiger partial charge is 0.331 e. The van der Waals surface area contributed by atoms with E-state index in [9.17, 15) is 39.4 Å². The van der Waals surface area contributed by atoms with Gasteiger partial charge in [-0.2, -0.15) is 12.6 Å². The number of nitro benzene ring substituents is 2. The van der Waals surface area contributed by atoms with Crippen molar-refractivity contribution in [1.82, 2.24) is 10.6 Å². The molecule has 1 unspecified atom stereocenters. The number of amides is 2. The Balaban J connectivity index is 2.65. The Morgan fingerprint density at radius 2 is 1.84 bits per heavy atom. The molecule has 0 aliphatic heterocycles. The van der Waals surface area contributed by atoms with Gasteiger partial charge in [0, 0.05) is 18.2 Å². The molecular weight excluding hydrogens is 454 g/mol. The lowest BCUT2D eigenvalue weighted by Gasteiger charge is -2.16. The summed E-state index contributed by atoms with van der Waals surface area (Å²) in [6, 6.07) is -0.0363. The average Bonchev–Trinajstić information content (AvgIpc) is 2.73. The van der Waals surface area contributed by atoms with Gasteiger partial charge in [-0.15, -0.1) is 0 Å². The highest BCUT2D eigenvalue weighted by Crippen LogP contribution is 2.30. The molecule has 32 heavy (non-hydrogen) atoms. The van der Waals surface area contributed by atoms with Crippen LogP contribution < -0.4 is 21.1 Å². The number of nitro groups is 2. The molecule has 0 heterocycles. The van der Waals surface area contributed by atoms with Gasteiger partial charge in [-0.25, -0.2) is 4.79 Å². The monoisotopic (exact) mass is 473 g/mol. The SMILES string of the molecule is NC(CCC(=O)N[C@H](CS)C(=O)NCC(=O)Oc1ccc([N+](=O)[O-])cc1[N+](=O)[O-])C(=O)O. The van der Waals surface area contributed by atoms with Gasteiger partial charge in [-0.1, -0.05) is 0 Å². The molecule has 0 spiro atoms. The number of esters is 1. The molecule has 174 valence electrons. The number of nitrogens with one attached hydrogen (secondary N) is 2. The van der Waals surface area contributed by atoms with Crippen LogP contribution in [-0.4, -0.2) is 63.1 Å². The molecule has 0 fully saturated rings. The van der Waals surface area contributed by atoms with E-state index in [4.69, 9.17) is 15.6 Å². The Labute approximate surface area is 185 Å². The van der Waals surface area contributed by atoms with Crippen LogP contribution in [0.3, 0.4) is 0 Å². The Kier molecular flexibility index (Phi) is 9.97. The van der Waals surface area contributed by atoms with E-state index in [0.717, 1.165) is 12.1 Å². The Hall–Kier alpha value is -3.79. The van der Waals surface area contributed by atoms with Crippen molar-refractivity contribution in [3.8, 4) is 5.75 Å². The zero-order valence-electron chi connectivity index (χ0n) is 16.3. The molecule has 0 aliphatic carbocycles. The van der Waals surface area contributed by atoms with Gasteiger partial charge in [-0.05, 0) is 12.5 Å². The van der Waals surface area contributed by atoms with Gasteiger partial charge in [0.1, 0.15) is 18.6 Å². The first-order valence-electron chi connectivity index (χ1n) is 8.76. The Bertz CT molecular complexity index is 924. The average molecular weight is 473 g/mol. The number of non-ortho nitro benzene ring substituents is 1. The minimum atomic E-state index is -1.28. The number of carbonyl (C=O) groups excluding carboxylic acids is 3. The largest absolute Gasteiger partial charge is 0.480 e. The lowest BCUT2D eigenvalue weighted by Crippen LogP contribution is -2.49. The fourth-order valence-electron chi connectivity index (χ4n) is 2.16. The third-order valence-electron chi connectivity index (χ3n) is 3.81. The van der Waals surface area contributed by atoms with Crippen molar-refractivity contribution < 1.29 is 38.9 Å². The van der Waals surface area contributed by atoms with Crippen LogP contribution in [0.2, 0.25) is 0 Å². The van der Waals surface area contributed by atoms with Crippen molar-refractivity contribution in [3.05, 3.63) is 38.4 Å². The van der Waals surface area contributed by atoms with Gasteiger partial charge >= 0.3 is 17.6 Å². The highest BCUT2D eigenvalue weighted by atomic mass is 32.1. The molecule has 0 saturated heterocycles. The van der Waals surface area contributed by atoms with E-state index in [-0.39, 0.29) is 18.6 Å². The van der Waals surface area contributed by atoms with Crippen molar-refractivity contribution >= 4 is 47.8 Å². The Morgan fingerprint density at radius 1 is 1.19 bits per heavy atom. The fourth-order valence-corrected chi connectivity index (χ4v) is 2.42. The summed E-state index contributed by atoms with van der Waals surface area (Å²) in [7, 11) is 0. The summed E-state index contributed by atoms with van der Waals surface area (Å²) in [5.74, 6) is -4.62. The molecule has 1 aromatic carbocycles. The van der Waals surface area contributed by atoms with Gasteiger partial charge in [-0.3, -0.25) is 34.6 Å². The topological polar surface area (TPSA) is 234 Å². The van der Waals surface area contributed by atoms with Crippen LogP contribution in [-0.2, 0) is 19.2 Å². The molecular formula is C16H19N5O10S. The second-order valence-corrected chi connectivity index (χ2v) is 6.51. The van der Waals surface area contributed by atoms with Crippen LogP contribution in [0.4, 0.5) is 11.4 Å². The minimum Gasteiger partial charge on any atom is -0.480 e. The van der Waals surface area contributed by atoms with E-state index in [1.165, 1.54) is 0 Å². The zero-order valence-corrected chi connectivity index (χ0v) is 17.2. The maximum atomic E-state index is 12.1. The fraction of sp³-hybridized carbons (Fsp3) is 0.375. The quantitative estimate of drug-likeness (QED) is 0.0822. The standard InChI is InChI=1S/C16H19N5O10S/c17-9(16(25)26)2-4-13(22)19-10(7-32)15(24)18-6-14(23)31-12-3-1-8(20(27)28)5-11(12)21(29)30/h1,3,5,9-10,32H,2,4,6-7,17H2,(H,18,24)(H,19,22)(H,25,26)/t9?,10-/m1/s1. The molecule has 2 amide bonds. The van der Waals surface area contributed by atoms with Crippen LogP contribution >= 0.6 is 12.6 Å². The number of hydrogen-bond donors (Lipinski definition) is 5. The molecule has 1 rings (SSSR count). The molecule has 15 nitrogen and oxygen atoms in total. The van der Waals surface area contributed by atoms with Crippen LogP contribution in [0.5, 0.6) is 5.75 Å². The predicted octanol–water partition coefficient (Wildman–Crippen LogP) is -0.869. The van der Waals surface area contributed by atoms with E-state index in [2.05, 4.69) is 23.3 Å². The third-order valence-corrected chi connectivity index (χ3v) is 4.18. The van der Waals surface area contributed by atoms with Crippen molar-refractivity contribution in [2.24, 2.45) is 5.73 Å². The van der Waals surface area contributed by atoms with Gasteiger partial charge in [0.05, 0.1) is 15.9 Å². The van der Waals surface area contributed by atoms with E-state index < -0.39 is 69.4 Å². The van der Waals surface area contributed by atoms with E-state index in [1.54, 1.807) is 0 Å². The number of aliphatic carboxylic acids is 1. The predicted molar refractivity (Wildman–Crippen MR) is 109 cm³/mol.